The topological polar surface area (TPSA) is 21.3 Å². The molecule has 0 bridgehead atoms. The van der Waals surface area contributed by atoms with Crippen LogP contribution in [0.2, 0.25) is 0 Å². The van der Waals surface area contributed by atoms with Gasteiger partial charge in [0.25, 0.3) is 5.17 Å². The van der Waals surface area contributed by atoms with Gasteiger partial charge in [0.05, 0.1) is 6.61 Å². The van der Waals surface area contributed by atoms with Crippen LogP contribution in [0.1, 0.15) is 48.0 Å². The Hall–Kier alpha value is -0.310. The molecule has 0 aliphatic heterocycles. The van der Waals surface area contributed by atoms with E-state index in [0.717, 1.165) is 6.42 Å². The lowest BCUT2D eigenvalue weighted by molar-refractivity contribution is 0.225. The lowest BCUT2D eigenvalue weighted by Crippen LogP contribution is -2.41. The van der Waals surface area contributed by atoms with Crippen LogP contribution in [0.5, 0.6) is 0 Å². The maximum atomic E-state index is 5.41. The Labute approximate surface area is 93.4 Å². The summed E-state index contributed by atoms with van der Waals surface area (Å²) in [6.07, 6.45) is 1.01. The van der Waals surface area contributed by atoms with Gasteiger partial charge in [0.15, 0.2) is 0 Å². The van der Waals surface area contributed by atoms with Crippen LogP contribution in [-0.2, 0) is 4.74 Å². The predicted octanol–water partition coefficient (Wildman–Crippen LogP) is 3.11. The van der Waals surface area contributed by atoms with Gasteiger partial charge in [-0.1, -0.05) is 20.8 Å². The van der Waals surface area contributed by atoms with Crippen LogP contribution in [-0.4, -0.2) is 17.3 Å². The highest BCUT2D eigenvalue weighted by Gasteiger charge is 2.13. The van der Waals surface area contributed by atoms with Crippen LogP contribution in [0.15, 0.2) is 0 Å². The van der Waals surface area contributed by atoms with Gasteiger partial charge >= 0.3 is 0 Å². The molecule has 0 unspecified atom stereocenters. The summed E-state index contributed by atoms with van der Waals surface area (Å²) >= 11 is 5.06. The van der Waals surface area contributed by atoms with Gasteiger partial charge in [-0.05, 0) is 44.8 Å². The smallest absolute Gasteiger partial charge is 0.257 e. The first-order valence-corrected chi connectivity index (χ1v) is 5.46. The first-order valence-electron chi connectivity index (χ1n) is 5.05. The molecule has 0 aromatic heterocycles. The molecule has 84 valence electrons. The first kappa shape index (κ1) is 13.7. The van der Waals surface area contributed by atoms with Crippen molar-refractivity contribution in [2.45, 2.75) is 53.5 Å². The lowest BCUT2D eigenvalue weighted by atomic mass is 9.93. The second-order valence-electron chi connectivity index (χ2n) is 5.82. The fourth-order valence-corrected chi connectivity index (χ4v) is 1.18. The SMILES string of the molecule is CC(C)(C)CCOC(=S)NC(C)(C)C. The Balaban J connectivity index is 3.66. The molecule has 0 aliphatic rings. The zero-order chi connectivity index (χ0) is 11.4. The first-order chi connectivity index (χ1) is 6.10. The molecule has 0 aliphatic carbocycles. The molecule has 0 rings (SSSR count). The highest BCUT2D eigenvalue weighted by atomic mass is 32.1. The number of rotatable bonds is 2. The van der Waals surface area contributed by atoms with Gasteiger partial charge in [-0.15, -0.1) is 0 Å². The van der Waals surface area contributed by atoms with E-state index in [9.17, 15) is 0 Å². The molecule has 1 N–H and O–H groups in total. The number of hydrogen-bond acceptors (Lipinski definition) is 2. The third-order valence-corrected chi connectivity index (χ3v) is 1.78. The van der Waals surface area contributed by atoms with E-state index >= 15 is 0 Å². The third kappa shape index (κ3) is 9.78. The standard InChI is InChI=1S/C11H23NOS/c1-10(2,3)7-8-13-9(14)12-11(4,5)6/h7-8H2,1-6H3,(H,12,14). The van der Waals surface area contributed by atoms with E-state index in [4.69, 9.17) is 17.0 Å². The van der Waals surface area contributed by atoms with Crippen LogP contribution in [0.4, 0.5) is 0 Å². The molecule has 0 saturated heterocycles. The Morgan fingerprint density at radius 2 is 1.64 bits per heavy atom. The largest absolute Gasteiger partial charge is 0.471 e. The van der Waals surface area contributed by atoms with E-state index in [1.807, 2.05) is 0 Å². The summed E-state index contributed by atoms with van der Waals surface area (Å²) < 4.78 is 5.41. The molecule has 0 heterocycles. The summed E-state index contributed by atoms with van der Waals surface area (Å²) in [5.74, 6) is 0. The van der Waals surface area contributed by atoms with Crippen molar-refractivity contribution in [3.05, 3.63) is 0 Å². The van der Waals surface area contributed by atoms with Gasteiger partial charge < -0.3 is 10.1 Å². The van der Waals surface area contributed by atoms with Gasteiger partial charge in [0.1, 0.15) is 0 Å². The molecular formula is C11H23NOS. The van der Waals surface area contributed by atoms with Crippen molar-refractivity contribution in [3.8, 4) is 0 Å². The molecule has 0 radical (unpaired) electrons. The van der Waals surface area contributed by atoms with Crippen molar-refractivity contribution in [2.75, 3.05) is 6.61 Å². The molecule has 0 saturated carbocycles. The van der Waals surface area contributed by atoms with Crippen LogP contribution in [0, 0.1) is 5.41 Å². The molecule has 3 heteroatoms. The van der Waals surface area contributed by atoms with E-state index in [0.29, 0.717) is 17.2 Å². The molecule has 0 spiro atoms. The monoisotopic (exact) mass is 217 g/mol. The summed E-state index contributed by atoms with van der Waals surface area (Å²) in [7, 11) is 0. The van der Waals surface area contributed by atoms with Crippen LogP contribution < -0.4 is 5.32 Å². The van der Waals surface area contributed by atoms with Crippen molar-refractivity contribution in [3.63, 3.8) is 0 Å². The van der Waals surface area contributed by atoms with Crippen molar-refractivity contribution in [2.24, 2.45) is 5.41 Å². The van der Waals surface area contributed by atoms with Crippen molar-refractivity contribution in [1.29, 1.82) is 0 Å². The van der Waals surface area contributed by atoms with E-state index < -0.39 is 0 Å². The fourth-order valence-electron chi connectivity index (χ4n) is 0.792. The molecule has 0 aromatic carbocycles. The minimum absolute atomic E-state index is 0.0151. The van der Waals surface area contributed by atoms with Gasteiger partial charge in [-0.2, -0.15) is 0 Å². The van der Waals surface area contributed by atoms with Crippen LogP contribution in [0.25, 0.3) is 0 Å². The third-order valence-electron chi connectivity index (χ3n) is 1.56. The van der Waals surface area contributed by atoms with Gasteiger partial charge in [-0.3, -0.25) is 0 Å². The van der Waals surface area contributed by atoms with Gasteiger partial charge in [0.2, 0.25) is 0 Å². The molecule has 0 aromatic rings. The molecular weight excluding hydrogens is 194 g/mol. The summed E-state index contributed by atoms with van der Waals surface area (Å²) in [6.45, 7) is 13.4. The average Bonchev–Trinajstić information content (AvgIpc) is 1.78. The minimum atomic E-state index is -0.0151. The molecule has 0 amide bonds. The van der Waals surface area contributed by atoms with Gasteiger partial charge in [-0.25, -0.2) is 0 Å². The summed E-state index contributed by atoms with van der Waals surface area (Å²) in [5, 5.41) is 3.62. The zero-order valence-electron chi connectivity index (χ0n) is 10.2. The summed E-state index contributed by atoms with van der Waals surface area (Å²) in [5.41, 5.74) is 0.288. The Kier molecular flexibility index (Phi) is 4.85. The Morgan fingerprint density at radius 1 is 1.14 bits per heavy atom. The quantitative estimate of drug-likeness (QED) is 0.718. The number of thiocarbonyl (C=S) groups is 1. The van der Waals surface area contributed by atoms with Crippen molar-refractivity contribution in [1.82, 2.24) is 5.32 Å². The molecule has 14 heavy (non-hydrogen) atoms. The van der Waals surface area contributed by atoms with E-state index in [1.54, 1.807) is 0 Å². The number of hydrogen-bond donors (Lipinski definition) is 1. The second-order valence-corrected chi connectivity index (χ2v) is 6.19. The molecule has 0 atom stereocenters. The Bertz CT molecular complexity index is 188. The average molecular weight is 217 g/mol. The highest BCUT2D eigenvalue weighted by Crippen LogP contribution is 2.17. The van der Waals surface area contributed by atoms with Crippen LogP contribution in [0.3, 0.4) is 0 Å². The molecule has 2 nitrogen and oxygen atoms in total. The van der Waals surface area contributed by atoms with Crippen molar-refractivity contribution < 1.29 is 4.74 Å². The number of ether oxygens (including phenoxy) is 1. The highest BCUT2D eigenvalue weighted by molar-refractivity contribution is 7.80. The normalized spacial score (nSPS) is 12.4. The van der Waals surface area contributed by atoms with Gasteiger partial charge in [0, 0.05) is 5.54 Å². The second kappa shape index (κ2) is 4.96. The summed E-state index contributed by atoms with van der Waals surface area (Å²) in [6, 6.07) is 0. The van der Waals surface area contributed by atoms with Crippen molar-refractivity contribution >= 4 is 17.4 Å². The maximum Gasteiger partial charge on any atom is 0.257 e. The molecule has 0 fully saturated rings. The fraction of sp³-hybridized carbons (Fsp3) is 0.909. The predicted molar refractivity (Wildman–Crippen MR) is 65.5 cm³/mol. The van der Waals surface area contributed by atoms with E-state index in [-0.39, 0.29) is 5.54 Å². The minimum Gasteiger partial charge on any atom is -0.471 e. The lowest BCUT2D eigenvalue weighted by Gasteiger charge is -2.23. The Morgan fingerprint density at radius 3 is 2.00 bits per heavy atom. The maximum absolute atomic E-state index is 5.41. The van der Waals surface area contributed by atoms with E-state index in [2.05, 4.69) is 46.9 Å². The zero-order valence-corrected chi connectivity index (χ0v) is 11.0. The van der Waals surface area contributed by atoms with Crippen LogP contribution >= 0.6 is 12.2 Å². The summed E-state index contributed by atoms with van der Waals surface area (Å²) in [4.78, 5) is 0. The van der Waals surface area contributed by atoms with E-state index in [1.165, 1.54) is 0 Å². The number of nitrogens with one attached hydrogen (secondary N) is 1.